The molecular formula is C16H23NO2. The van der Waals surface area contributed by atoms with E-state index in [1.54, 1.807) is 0 Å². The van der Waals surface area contributed by atoms with Gasteiger partial charge in [-0.05, 0) is 31.4 Å². The van der Waals surface area contributed by atoms with Gasteiger partial charge in [0.15, 0.2) is 5.60 Å². The van der Waals surface area contributed by atoms with E-state index in [1.165, 1.54) is 0 Å². The van der Waals surface area contributed by atoms with Crippen molar-refractivity contribution in [2.45, 2.75) is 46.3 Å². The molecule has 0 bridgehead atoms. The molecular weight excluding hydrogens is 238 g/mol. The molecule has 0 saturated heterocycles. The van der Waals surface area contributed by atoms with E-state index in [1.807, 2.05) is 44.2 Å². The van der Waals surface area contributed by atoms with Gasteiger partial charge < -0.3 is 9.47 Å². The van der Waals surface area contributed by atoms with Gasteiger partial charge in [-0.1, -0.05) is 39.0 Å². The summed E-state index contributed by atoms with van der Waals surface area (Å²) in [6.07, 6.45) is 0. The highest BCUT2D eigenvalue weighted by molar-refractivity contribution is 5.86. The maximum atomic E-state index is 5.99. The smallest absolute Gasteiger partial charge is 0.228 e. The topological polar surface area (TPSA) is 30.8 Å². The Morgan fingerprint density at radius 1 is 1.11 bits per heavy atom. The lowest BCUT2D eigenvalue weighted by Crippen LogP contribution is -2.38. The van der Waals surface area contributed by atoms with Gasteiger partial charge in [-0.2, -0.15) is 0 Å². The van der Waals surface area contributed by atoms with Crippen molar-refractivity contribution in [1.82, 2.24) is 0 Å². The molecule has 0 aliphatic carbocycles. The minimum Gasteiger partial charge on any atom is -0.478 e. The number of nitrogens with zero attached hydrogens (tertiary/aromatic N) is 1. The number of para-hydroxylation sites is 1. The predicted octanol–water partition coefficient (Wildman–Crippen LogP) is 3.69. The van der Waals surface area contributed by atoms with Crippen molar-refractivity contribution < 1.29 is 9.47 Å². The summed E-state index contributed by atoms with van der Waals surface area (Å²) in [5, 5.41) is 0. The van der Waals surface area contributed by atoms with Crippen LogP contribution in [0, 0.1) is 5.41 Å². The Morgan fingerprint density at radius 2 is 1.74 bits per heavy atom. The van der Waals surface area contributed by atoms with Crippen LogP contribution in [-0.4, -0.2) is 24.1 Å². The lowest BCUT2D eigenvalue weighted by atomic mass is 9.88. The fraction of sp³-hybridized carbons (Fsp3) is 0.562. The van der Waals surface area contributed by atoms with Gasteiger partial charge in [0.2, 0.25) is 5.90 Å². The molecule has 1 aliphatic rings. The second-order valence-electron chi connectivity index (χ2n) is 6.55. The van der Waals surface area contributed by atoms with Crippen molar-refractivity contribution in [1.29, 1.82) is 0 Å². The van der Waals surface area contributed by atoms with Gasteiger partial charge in [0.05, 0.1) is 6.04 Å². The minimum atomic E-state index is -0.540. The summed E-state index contributed by atoms with van der Waals surface area (Å²) in [6.45, 7) is 11.2. The molecule has 3 heteroatoms. The second-order valence-corrected chi connectivity index (χ2v) is 6.55. The molecule has 104 valence electrons. The molecule has 0 spiro atoms. The minimum absolute atomic E-state index is 0.116. The Balaban J connectivity index is 2.13. The maximum absolute atomic E-state index is 5.99. The van der Waals surface area contributed by atoms with Crippen LogP contribution in [-0.2, 0) is 4.74 Å². The quantitative estimate of drug-likeness (QED) is 0.831. The molecule has 19 heavy (non-hydrogen) atoms. The number of aliphatic imine (C=N–C) groups is 1. The number of hydrogen-bond donors (Lipinski definition) is 0. The van der Waals surface area contributed by atoms with Crippen molar-refractivity contribution in [2.24, 2.45) is 10.4 Å². The molecule has 1 aliphatic heterocycles. The van der Waals surface area contributed by atoms with E-state index < -0.39 is 5.60 Å². The molecule has 0 unspecified atom stereocenters. The summed E-state index contributed by atoms with van der Waals surface area (Å²) in [5.74, 6) is 1.52. The summed E-state index contributed by atoms with van der Waals surface area (Å²) in [4.78, 5) is 4.70. The van der Waals surface area contributed by atoms with Crippen LogP contribution < -0.4 is 4.74 Å². The monoisotopic (exact) mass is 261 g/mol. The number of benzene rings is 1. The highest BCUT2D eigenvalue weighted by Gasteiger charge is 2.38. The van der Waals surface area contributed by atoms with Crippen LogP contribution in [0.3, 0.4) is 0 Å². The Bertz CT molecular complexity index is 457. The van der Waals surface area contributed by atoms with Crippen LogP contribution in [0.15, 0.2) is 35.3 Å². The third-order valence-corrected chi connectivity index (χ3v) is 3.28. The van der Waals surface area contributed by atoms with E-state index >= 15 is 0 Å². The molecule has 2 rings (SSSR count). The lowest BCUT2D eigenvalue weighted by Gasteiger charge is -2.25. The van der Waals surface area contributed by atoms with E-state index in [0.717, 1.165) is 5.75 Å². The third kappa shape index (κ3) is 3.28. The standard InChI is InChI=1S/C16H23NO2/c1-15(2,3)13-11-18-14(17-13)16(4,5)19-12-9-7-6-8-10-12/h6-10,13H,11H2,1-5H3/t13-/m1/s1. The molecule has 1 heterocycles. The van der Waals surface area contributed by atoms with Crippen molar-refractivity contribution >= 4 is 5.90 Å². The Labute approximate surface area is 115 Å². The largest absolute Gasteiger partial charge is 0.478 e. The van der Waals surface area contributed by atoms with Crippen LogP contribution in [0.1, 0.15) is 34.6 Å². The number of rotatable bonds is 3. The molecule has 0 amide bonds. The summed E-state index contributed by atoms with van der Waals surface area (Å²) in [7, 11) is 0. The Kier molecular flexibility index (Phi) is 3.57. The van der Waals surface area contributed by atoms with Crippen LogP contribution >= 0.6 is 0 Å². The van der Waals surface area contributed by atoms with Gasteiger partial charge in [0.1, 0.15) is 12.4 Å². The van der Waals surface area contributed by atoms with Crippen LogP contribution in [0.4, 0.5) is 0 Å². The first kappa shape index (κ1) is 13.9. The number of hydrogen-bond acceptors (Lipinski definition) is 3. The zero-order valence-corrected chi connectivity index (χ0v) is 12.4. The Hall–Kier alpha value is -1.51. The zero-order chi connectivity index (χ0) is 14.1. The van der Waals surface area contributed by atoms with E-state index in [0.29, 0.717) is 12.5 Å². The summed E-state index contributed by atoms with van der Waals surface area (Å²) in [6, 6.07) is 9.97. The molecule has 3 nitrogen and oxygen atoms in total. The van der Waals surface area contributed by atoms with Gasteiger partial charge in [-0.25, -0.2) is 4.99 Å². The molecule has 0 radical (unpaired) electrons. The molecule has 0 fully saturated rings. The normalized spacial score (nSPS) is 19.8. The molecule has 0 N–H and O–H groups in total. The first-order valence-corrected chi connectivity index (χ1v) is 6.74. The summed E-state index contributed by atoms with van der Waals surface area (Å²) < 4.78 is 11.7. The lowest BCUT2D eigenvalue weighted by molar-refractivity contribution is 0.141. The van der Waals surface area contributed by atoms with Crippen molar-refractivity contribution in [3.63, 3.8) is 0 Å². The number of ether oxygens (including phenoxy) is 2. The van der Waals surface area contributed by atoms with E-state index in [4.69, 9.17) is 14.5 Å². The fourth-order valence-electron chi connectivity index (χ4n) is 1.97. The highest BCUT2D eigenvalue weighted by atomic mass is 16.6. The van der Waals surface area contributed by atoms with Crippen molar-refractivity contribution in [3.8, 4) is 5.75 Å². The predicted molar refractivity (Wildman–Crippen MR) is 77.8 cm³/mol. The zero-order valence-electron chi connectivity index (χ0n) is 12.4. The highest BCUT2D eigenvalue weighted by Crippen LogP contribution is 2.29. The van der Waals surface area contributed by atoms with Gasteiger partial charge in [0.25, 0.3) is 0 Å². The summed E-state index contributed by atoms with van der Waals surface area (Å²) >= 11 is 0. The van der Waals surface area contributed by atoms with Crippen LogP contribution in [0.2, 0.25) is 0 Å². The van der Waals surface area contributed by atoms with E-state index in [9.17, 15) is 0 Å². The van der Waals surface area contributed by atoms with E-state index in [2.05, 4.69) is 20.8 Å². The van der Waals surface area contributed by atoms with Gasteiger partial charge in [0, 0.05) is 0 Å². The first-order chi connectivity index (χ1) is 8.79. The van der Waals surface area contributed by atoms with Gasteiger partial charge in [-0.3, -0.25) is 0 Å². The first-order valence-electron chi connectivity index (χ1n) is 6.74. The maximum Gasteiger partial charge on any atom is 0.228 e. The molecule has 1 aromatic rings. The van der Waals surface area contributed by atoms with Crippen LogP contribution in [0.25, 0.3) is 0 Å². The Morgan fingerprint density at radius 3 is 2.26 bits per heavy atom. The molecule has 1 atom stereocenters. The molecule has 0 saturated carbocycles. The average Bonchev–Trinajstić information content (AvgIpc) is 2.79. The van der Waals surface area contributed by atoms with Gasteiger partial charge in [-0.15, -0.1) is 0 Å². The van der Waals surface area contributed by atoms with Crippen molar-refractivity contribution in [3.05, 3.63) is 30.3 Å². The van der Waals surface area contributed by atoms with Gasteiger partial charge >= 0.3 is 0 Å². The SMILES string of the molecule is CC(C)(Oc1ccccc1)C1=N[C@@H](C(C)(C)C)CO1. The van der Waals surface area contributed by atoms with Crippen LogP contribution in [0.5, 0.6) is 5.75 Å². The van der Waals surface area contributed by atoms with Crippen molar-refractivity contribution in [2.75, 3.05) is 6.61 Å². The average molecular weight is 261 g/mol. The molecule has 1 aromatic carbocycles. The second kappa shape index (κ2) is 4.87. The molecule has 0 aromatic heterocycles. The summed E-state index contributed by atoms with van der Waals surface area (Å²) in [5.41, 5.74) is -0.425. The fourth-order valence-corrected chi connectivity index (χ4v) is 1.97. The third-order valence-electron chi connectivity index (χ3n) is 3.28. The van der Waals surface area contributed by atoms with E-state index in [-0.39, 0.29) is 11.5 Å².